The van der Waals surface area contributed by atoms with Crippen molar-refractivity contribution >= 4 is 35.8 Å². The summed E-state index contributed by atoms with van der Waals surface area (Å²) in [6.07, 6.45) is 2.58. The molecule has 2 aromatic rings. The van der Waals surface area contributed by atoms with E-state index in [9.17, 15) is 5.26 Å². The fourth-order valence-electron chi connectivity index (χ4n) is 3.58. The second kappa shape index (κ2) is 11.8. The summed E-state index contributed by atoms with van der Waals surface area (Å²) < 4.78 is 7.09. The highest BCUT2D eigenvalue weighted by Gasteiger charge is 2.19. The highest BCUT2D eigenvalue weighted by molar-refractivity contribution is 14.0. The van der Waals surface area contributed by atoms with Crippen LogP contribution in [0, 0.1) is 17.2 Å². The van der Waals surface area contributed by atoms with Crippen LogP contribution in [0.25, 0.3) is 5.69 Å². The van der Waals surface area contributed by atoms with Crippen LogP contribution in [0.5, 0.6) is 0 Å². The molecule has 1 aliphatic rings. The Morgan fingerprint density at radius 1 is 1.43 bits per heavy atom. The van der Waals surface area contributed by atoms with Gasteiger partial charge in [0.2, 0.25) is 0 Å². The average Bonchev–Trinajstić information content (AvgIpc) is 3.36. The Morgan fingerprint density at radius 3 is 2.83 bits per heavy atom. The van der Waals surface area contributed by atoms with E-state index in [1.54, 1.807) is 11.7 Å². The van der Waals surface area contributed by atoms with Crippen molar-refractivity contribution in [1.29, 1.82) is 5.26 Å². The van der Waals surface area contributed by atoms with E-state index in [-0.39, 0.29) is 24.0 Å². The van der Waals surface area contributed by atoms with Crippen LogP contribution in [0.3, 0.4) is 0 Å². The molecule has 1 aromatic heterocycles. The quantitative estimate of drug-likeness (QED) is 0.250. The SMILES string of the molecule is CN=C(NCCCc1nn(-c2ccccc2)c(N)c1C#N)N(C)CC1CCOC1.I. The van der Waals surface area contributed by atoms with Crippen LogP contribution in [0.15, 0.2) is 35.3 Å². The molecule has 1 unspecified atom stereocenters. The number of nitrogens with zero attached hydrogens (tertiary/aromatic N) is 5. The van der Waals surface area contributed by atoms with Gasteiger partial charge in [-0.1, -0.05) is 18.2 Å². The maximum atomic E-state index is 9.52. The minimum atomic E-state index is 0. The number of nitrogens with two attached hydrogens (primary N) is 1. The van der Waals surface area contributed by atoms with E-state index in [4.69, 9.17) is 10.5 Å². The van der Waals surface area contributed by atoms with Crippen molar-refractivity contribution in [3.63, 3.8) is 0 Å². The van der Waals surface area contributed by atoms with E-state index in [0.29, 0.717) is 23.7 Å². The van der Waals surface area contributed by atoms with Crippen molar-refractivity contribution in [3.05, 3.63) is 41.6 Å². The fourth-order valence-corrected chi connectivity index (χ4v) is 3.58. The van der Waals surface area contributed by atoms with Crippen molar-refractivity contribution in [2.24, 2.45) is 10.9 Å². The zero-order valence-corrected chi connectivity index (χ0v) is 19.9. The van der Waals surface area contributed by atoms with Crippen LogP contribution in [-0.4, -0.2) is 61.0 Å². The molecule has 30 heavy (non-hydrogen) atoms. The number of ether oxygens (including phenoxy) is 1. The fraction of sp³-hybridized carbons (Fsp3) is 0.476. The van der Waals surface area contributed by atoms with Crippen molar-refractivity contribution < 1.29 is 4.74 Å². The number of aryl methyl sites for hydroxylation is 1. The van der Waals surface area contributed by atoms with Gasteiger partial charge >= 0.3 is 0 Å². The molecule has 0 amide bonds. The van der Waals surface area contributed by atoms with E-state index < -0.39 is 0 Å². The molecule has 8 nitrogen and oxygen atoms in total. The van der Waals surface area contributed by atoms with Crippen LogP contribution in [0.2, 0.25) is 0 Å². The number of rotatable bonds is 7. The molecule has 1 aromatic carbocycles. The molecule has 3 N–H and O–H groups in total. The van der Waals surface area contributed by atoms with Crippen LogP contribution in [-0.2, 0) is 11.2 Å². The number of aliphatic imine (C=N–C) groups is 1. The molecule has 1 fully saturated rings. The molecule has 1 atom stereocenters. The maximum Gasteiger partial charge on any atom is 0.193 e. The number of hydrogen-bond acceptors (Lipinski definition) is 5. The molecule has 2 heterocycles. The van der Waals surface area contributed by atoms with E-state index in [1.165, 1.54) is 0 Å². The van der Waals surface area contributed by atoms with Gasteiger partial charge in [-0.25, -0.2) is 4.68 Å². The number of guanidine groups is 1. The molecule has 0 spiro atoms. The normalized spacial score (nSPS) is 16.0. The number of nitrogen functional groups attached to an aromatic ring is 1. The monoisotopic (exact) mass is 523 g/mol. The molecule has 0 saturated carbocycles. The first-order valence-corrected chi connectivity index (χ1v) is 9.96. The third-order valence-electron chi connectivity index (χ3n) is 5.11. The Kier molecular flexibility index (Phi) is 9.39. The molecule has 0 radical (unpaired) electrons. The van der Waals surface area contributed by atoms with Crippen LogP contribution in [0.1, 0.15) is 24.1 Å². The van der Waals surface area contributed by atoms with E-state index in [0.717, 1.165) is 56.5 Å². The van der Waals surface area contributed by atoms with Gasteiger partial charge in [-0.05, 0) is 31.4 Å². The zero-order chi connectivity index (χ0) is 20.6. The molecule has 1 saturated heterocycles. The van der Waals surface area contributed by atoms with Crippen molar-refractivity contribution in [1.82, 2.24) is 20.0 Å². The lowest BCUT2D eigenvalue weighted by molar-refractivity contribution is 0.181. The number of hydrogen-bond donors (Lipinski definition) is 2. The first-order chi connectivity index (χ1) is 14.1. The van der Waals surface area contributed by atoms with Gasteiger partial charge in [-0.15, -0.1) is 24.0 Å². The number of benzene rings is 1. The Balaban J connectivity index is 0.00000320. The number of nitrogens with one attached hydrogen (secondary N) is 1. The van der Waals surface area contributed by atoms with Gasteiger partial charge in [-0.2, -0.15) is 10.4 Å². The summed E-state index contributed by atoms with van der Waals surface area (Å²) in [7, 11) is 3.84. The van der Waals surface area contributed by atoms with E-state index in [1.807, 2.05) is 37.4 Å². The molecule has 3 rings (SSSR count). The van der Waals surface area contributed by atoms with Crippen molar-refractivity contribution in [2.75, 3.05) is 46.1 Å². The second-order valence-electron chi connectivity index (χ2n) is 7.25. The zero-order valence-electron chi connectivity index (χ0n) is 17.5. The van der Waals surface area contributed by atoms with Gasteiger partial charge in [-0.3, -0.25) is 4.99 Å². The summed E-state index contributed by atoms with van der Waals surface area (Å²) in [5, 5.41) is 17.5. The summed E-state index contributed by atoms with van der Waals surface area (Å²) in [5.41, 5.74) is 8.19. The smallest absolute Gasteiger partial charge is 0.193 e. The standard InChI is InChI=1S/C21H29N7O.HI/c1-24-21(27(2)14-16-10-12-29-15-16)25-11-6-9-19-18(13-22)20(23)28(26-19)17-7-4-3-5-8-17;/h3-5,7-8,16H,6,9-12,14-15,23H2,1-2H3,(H,24,25);1H. The number of anilines is 1. The van der Waals surface area contributed by atoms with Crippen molar-refractivity contribution in [3.8, 4) is 11.8 Å². The van der Waals surface area contributed by atoms with Crippen molar-refractivity contribution in [2.45, 2.75) is 19.3 Å². The summed E-state index contributed by atoms with van der Waals surface area (Å²) in [6.45, 7) is 3.34. The average molecular weight is 523 g/mol. The molecule has 1 aliphatic heterocycles. The van der Waals surface area contributed by atoms with Crippen LogP contribution < -0.4 is 11.1 Å². The Hall–Kier alpha value is -2.32. The van der Waals surface area contributed by atoms with Gasteiger partial charge in [0, 0.05) is 39.7 Å². The third-order valence-corrected chi connectivity index (χ3v) is 5.11. The van der Waals surface area contributed by atoms with Gasteiger partial charge < -0.3 is 20.7 Å². The van der Waals surface area contributed by atoms with Gasteiger partial charge in [0.05, 0.1) is 18.0 Å². The van der Waals surface area contributed by atoms with E-state index in [2.05, 4.69) is 26.4 Å². The van der Waals surface area contributed by atoms with Gasteiger partial charge in [0.25, 0.3) is 0 Å². The minimum Gasteiger partial charge on any atom is -0.382 e. The molecule has 9 heteroatoms. The lowest BCUT2D eigenvalue weighted by Crippen LogP contribution is -2.41. The summed E-state index contributed by atoms with van der Waals surface area (Å²) in [6, 6.07) is 11.8. The predicted molar refractivity (Wildman–Crippen MR) is 129 cm³/mol. The van der Waals surface area contributed by atoms with E-state index >= 15 is 0 Å². The number of halogens is 1. The molecular weight excluding hydrogens is 493 g/mol. The minimum absolute atomic E-state index is 0. The van der Waals surface area contributed by atoms with Crippen LogP contribution in [0.4, 0.5) is 5.82 Å². The summed E-state index contributed by atoms with van der Waals surface area (Å²) in [4.78, 5) is 6.51. The summed E-state index contributed by atoms with van der Waals surface area (Å²) >= 11 is 0. The Morgan fingerprint density at radius 2 is 2.20 bits per heavy atom. The summed E-state index contributed by atoms with van der Waals surface area (Å²) in [5.74, 6) is 1.81. The predicted octanol–water partition coefficient (Wildman–Crippen LogP) is 2.42. The van der Waals surface area contributed by atoms with Gasteiger partial charge in [0.15, 0.2) is 5.96 Å². The number of nitriles is 1. The number of para-hydroxylation sites is 1. The largest absolute Gasteiger partial charge is 0.382 e. The van der Waals surface area contributed by atoms with Crippen LogP contribution >= 0.6 is 24.0 Å². The maximum absolute atomic E-state index is 9.52. The molecule has 0 bridgehead atoms. The molecule has 162 valence electrons. The lowest BCUT2D eigenvalue weighted by Gasteiger charge is -2.24. The first-order valence-electron chi connectivity index (χ1n) is 9.96. The third kappa shape index (κ3) is 5.86. The second-order valence-corrected chi connectivity index (χ2v) is 7.25. The van der Waals surface area contributed by atoms with Gasteiger partial charge in [0.1, 0.15) is 17.5 Å². The Bertz CT molecular complexity index is 869. The highest BCUT2D eigenvalue weighted by Crippen LogP contribution is 2.21. The number of aromatic nitrogens is 2. The lowest BCUT2D eigenvalue weighted by atomic mass is 10.1. The first kappa shape index (κ1) is 24.0. The highest BCUT2D eigenvalue weighted by atomic mass is 127. The molecular formula is C21H30IN7O. The molecule has 0 aliphatic carbocycles. The Labute approximate surface area is 195 Å². The topological polar surface area (TPSA) is 104 Å².